The number of hydrogen-bond acceptors (Lipinski definition) is 5. The van der Waals surface area contributed by atoms with E-state index in [9.17, 15) is 4.79 Å². The van der Waals surface area contributed by atoms with Gasteiger partial charge in [0.1, 0.15) is 6.10 Å². The third kappa shape index (κ3) is 5.06. The Hall–Kier alpha value is -0.650. The van der Waals surface area contributed by atoms with Crippen molar-refractivity contribution < 1.29 is 24.9 Å². The molecule has 5 nitrogen and oxygen atoms in total. The maximum atomic E-state index is 10.6. The standard InChI is InChI=1S/C7H14O5/c1-4(8)3-6(10)12-7(11)5(2)9/h4-6,8-10H,3H2,1-2H3. The summed E-state index contributed by atoms with van der Waals surface area (Å²) in [5, 5.41) is 26.3. The number of rotatable bonds is 4. The quantitative estimate of drug-likeness (QED) is 0.379. The summed E-state index contributed by atoms with van der Waals surface area (Å²) >= 11 is 0. The summed E-state index contributed by atoms with van der Waals surface area (Å²) in [5.41, 5.74) is 0. The van der Waals surface area contributed by atoms with Gasteiger partial charge in [-0.3, -0.25) is 0 Å². The normalized spacial score (nSPS) is 18.1. The van der Waals surface area contributed by atoms with Gasteiger partial charge in [0.2, 0.25) is 6.29 Å². The molecule has 72 valence electrons. The van der Waals surface area contributed by atoms with Crippen LogP contribution in [0.2, 0.25) is 0 Å². The predicted molar refractivity (Wildman–Crippen MR) is 40.1 cm³/mol. The van der Waals surface area contributed by atoms with E-state index >= 15 is 0 Å². The number of carbonyl (C=O) groups excluding carboxylic acids is 1. The third-order valence-electron chi connectivity index (χ3n) is 1.14. The molecule has 0 fully saturated rings. The van der Waals surface area contributed by atoms with Gasteiger partial charge in [0.15, 0.2) is 0 Å². The molecule has 3 unspecified atom stereocenters. The fraction of sp³-hybridized carbons (Fsp3) is 0.857. The van der Waals surface area contributed by atoms with E-state index in [0.717, 1.165) is 0 Å². The lowest BCUT2D eigenvalue weighted by Crippen LogP contribution is -2.27. The second-order valence-electron chi connectivity index (χ2n) is 2.65. The molecule has 3 N–H and O–H groups in total. The number of esters is 1. The molecule has 0 heterocycles. The van der Waals surface area contributed by atoms with Crippen LogP contribution in [0.15, 0.2) is 0 Å². The minimum absolute atomic E-state index is 0.0571. The molecule has 0 rings (SSSR count). The Morgan fingerprint density at radius 1 is 1.33 bits per heavy atom. The second-order valence-corrected chi connectivity index (χ2v) is 2.65. The molecular weight excluding hydrogens is 164 g/mol. The first-order valence-electron chi connectivity index (χ1n) is 3.68. The highest BCUT2D eigenvalue weighted by molar-refractivity contribution is 5.73. The van der Waals surface area contributed by atoms with Crippen LogP contribution in [-0.4, -0.2) is 39.8 Å². The lowest BCUT2D eigenvalue weighted by molar-refractivity contribution is -0.180. The van der Waals surface area contributed by atoms with Gasteiger partial charge in [0, 0.05) is 6.42 Å². The number of ether oxygens (including phenoxy) is 1. The molecule has 0 aliphatic heterocycles. The van der Waals surface area contributed by atoms with Gasteiger partial charge in [-0.05, 0) is 13.8 Å². The summed E-state index contributed by atoms with van der Waals surface area (Å²) in [6, 6.07) is 0. The first-order valence-corrected chi connectivity index (χ1v) is 3.68. The van der Waals surface area contributed by atoms with Crippen molar-refractivity contribution in [1.82, 2.24) is 0 Å². The van der Waals surface area contributed by atoms with Crippen LogP contribution in [0, 0.1) is 0 Å². The SMILES string of the molecule is CC(O)CC(O)OC(=O)C(C)O. The Bertz CT molecular complexity index is 143. The highest BCUT2D eigenvalue weighted by Gasteiger charge is 2.16. The fourth-order valence-electron chi connectivity index (χ4n) is 0.572. The molecule has 0 bridgehead atoms. The minimum Gasteiger partial charge on any atom is -0.434 e. The fourth-order valence-corrected chi connectivity index (χ4v) is 0.572. The molecule has 5 heteroatoms. The summed E-state index contributed by atoms with van der Waals surface area (Å²) in [6.07, 6.45) is -3.42. The first kappa shape index (κ1) is 11.4. The van der Waals surface area contributed by atoms with Gasteiger partial charge < -0.3 is 20.1 Å². The largest absolute Gasteiger partial charge is 0.434 e. The van der Waals surface area contributed by atoms with E-state index in [2.05, 4.69) is 4.74 Å². The van der Waals surface area contributed by atoms with Gasteiger partial charge >= 0.3 is 5.97 Å². The number of aliphatic hydroxyl groups is 3. The Morgan fingerprint density at radius 2 is 1.83 bits per heavy atom. The molecule has 0 amide bonds. The molecule has 0 aliphatic carbocycles. The van der Waals surface area contributed by atoms with E-state index in [1.165, 1.54) is 13.8 Å². The topological polar surface area (TPSA) is 87.0 Å². The van der Waals surface area contributed by atoms with Crippen LogP contribution in [0.3, 0.4) is 0 Å². The molecule has 3 atom stereocenters. The van der Waals surface area contributed by atoms with Gasteiger partial charge in [-0.25, -0.2) is 4.79 Å². The smallest absolute Gasteiger partial charge is 0.336 e. The summed E-state index contributed by atoms with van der Waals surface area (Å²) < 4.78 is 4.33. The second kappa shape index (κ2) is 5.08. The summed E-state index contributed by atoms with van der Waals surface area (Å²) in [7, 11) is 0. The zero-order valence-electron chi connectivity index (χ0n) is 7.10. The van der Waals surface area contributed by atoms with Crippen molar-refractivity contribution in [2.24, 2.45) is 0 Å². The zero-order valence-corrected chi connectivity index (χ0v) is 7.10. The van der Waals surface area contributed by atoms with Crippen LogP contribution in [0.5, 0.6) is 0 Å². The molecule has 0 aromatic carbocycles. The van der Waals surface area contributed by atoms with Crippen molar-refractivity contribution in [3.05, 3.63) is 0 Å². The number of aliphatic hydroxyl groups excluding tert-OH is 3. The highest BCUT2D eigenvalue weighted by atomic mass is 16.6. The Morgan fingerprint density at radius 3 is 2.17 bits per heavy atom. The summed E-state index contributed by atoms with van der Waals surface area (Å²) in [4.78, 5) is 10.6. The van der Waals surface area contributed by atoms with Crippen molar-refractivity contribution in [3.8, 4) is 0 Å². The minimum atomic E-state index is -1.35. The monoisotopic (exact) mass is 178 g/mol. The molecular formula is C7H14O5. The third-order valence-corrected chi connectivity index (χ3v) is 1.14. The predicted octanol–water partition coefficient (Wildman–Crippen LogP) is -1.00. The maximum absolute atomic E-state index is 10.6. The lowest BCUT2D eigenvalue weighted by atomic mass is 10.3. The van der Waals surface area contributed by atoms with Gasteiger partial charge in [-0.15, -0.1) is 0 Å². The molecule has 0 aromatic heterocycles. The highest BCUT2D eigenvalue weighted by Crippen LogP contribution is 2.00. The van der Waals surface area contributed by atoms with Crippen LogP contribution >= 0.6 is 0 Å². The average Bonchev–Trinajstić information content (AvgIpc) is 1.84. The van der Waals surface area contributed by atoms with Crippen molar-refractivity contribution in [1.29, 1.82) is 0 Å². The molecule has 12 heavy (non-hydrogen) atoms. The molecule has 0 spiro atoms. The van der Waals surface area contributed by atoms with E-state index in [4.69, 9.17) is 15.3 Å². The van der Waals surface area contributed by atoms with Crippen molar-refractivity contribution in [3.63, 3.8) is 0 Å². The van der Waals surface area contributed by atoms with Crippen LogP contribution in [-0.2, 0) is 9.53 Å². The Labute approximate surface area is 70.6 Å². The summed E-state index contributed by atoms with van der Waals surface area (Å²) in [5.74, 6) is -0.900. The maximum Gasteiger partial charge on any atom is 0.336 e. The van der Waals surface area contributed by atoms with Crippen molar-refractivity contribution >= 4 is 5.97 Å². The van der Waals surface area contributed by atoms with Gasteiger partial charge in [-0.2, -0.15) is 0 Å². The van der Waals surface area contributed by atoms with Crippen LogP contribution in [0.25, 0.3) is 0 Å². The molecule has 0 aliphatic rings. The molecule has 0 aromatic rings. The van der Waals surface area contributed by atoms with E-state index in [-0.39, 0.29) is 6.42 Å². The molecule has 0 saturated carbocycles. The van der Waals surface area contributed by atoms with Gasteiger partial charge in [0.25, 0.3) is 0 Å². The van der Waals surface area contributed by atoms with E-state index in [0.29, 0.717) is 0 Å². The summed E-state index contributed by atoms with van der Waals surface area (Å²) in [6.45, 7) is 2.69. The van der Waals surface area contributed by atoms with Crippen LogP contribution in [0.1, 0.15) is 20.3 Å². The van der Waals surface area contributed by atoms with Gasteiger partial charge in [-0.1, -0.05) is 0 Å². The van der Waals surface area contributed by atoms with E-state index in [1.54, 1.807) is 0 Å². The van der Waals surface area contributed by atoms with Crippen LogP contribution in [0.4, 0.5) is 0 Å². The lowest BCUT2D eigenvalue weighted by Gasteiger charge is -2.14. The van der Waals surface area contributed by atoms with Crippen molar-refractivity contribution in [2.75, 3.05) is 0 Å². The van der Waals surface area contributed by atoms with Gasteiger partial charge in [0.05, 0.1) is 6.10 Å². The Kier molecular flexibility index (Phi) is 4.80. The van der Waals surface area contributed by atoms with Crippen LogP contribution < -0.4 is 0 Å². The van der Waals surface area contributed by atoms with E-state index in [1.807, 2.05) is 0 Å². The average molecular weight is 178 g/mol. The Balaban J connectivity index is 3.69. The molecule has 0 saturated heterocycles. The molecule has 0 radical (unpaired) electrons. The van der Waals surface area contributed by atoms with Crippen molar-refractivity contribution in [2.45, 2.75) is 38.8 Å². The number of carbonyl (C=O) groups is 1. The first-order chi connectivity index (χ1) is 5.43. The van der Waals surface area contributed by atoms with E-state index < -0.39 is 24.5 Å². The number of hydrogen-bond donors (Lipinski definition) is 3. The zero-order chi connectivity index (χ0) is 9.72.